The summed E-state index contributed by atoms with van der Waals surface area (Å²) in [5, 5.41) is 6.23. The number of benzene rings is 2. The zero-order valence-electron chi connectivity index (χ0n) is 15.7. The Morgan fingerprint density at radius 1 is 1.20 bits per heavy atom. The van der Waals surface area contributed by atoms with Crippen LogP contribution in [0.15, 0.2) is 57.8 Å². The van der Waals surface area contributed by atoms with Crippen molar-refractivity contribution in [1.29, 1.82) is 0 Å². The zero-order chi connectivity index (χ0) is 21.3. The van der Waals surface area contributed by atoms with Gasteiger partial charge in [-0.3, -0.25) is 9.59 Å². The molecule has 152 valence electrons. The number of halogens is 2. The van der Waals surface area contributed by atoms with Gasteiger partial charge < -0.3 is 10.3 Å². The number of hydrogen-bond donors (Lipinski definition) is 2. The molecule has 0 aliphatic carbocycles. The van der Waals surface area contributed by atoms with Crippen LogP contribution in [0.3, 0.4) is 0 Å². The maximum atomic E-state index is 12.7. The van der Waals surface area contributed by atoms with E-state index in [0.717, 1.165) is 28.5 Å². The first-order valence-electron chi connectivity index (χ1n) is 8.87. The van der Waals surface area contributed by atoms with Gasteiger partial charge in [-0.1, -0.05) is 70.9 Å². The van der Waals surface area contributed by atoms with E-state index in [9.17, 15) is 9.59 Å². The summed E-state index contributed by atoms with van der Waals surface area (Å²) in [6.07, 6.45) is 0. The van der Waals surface area contributed by atoms with Crippen molar-refractivity contribution in [2.24, 2.45) is 0 Å². The first-order chi connectivity index (χ1) is 14.4. The number of aromatic nitrogens is 2. The molecule has 30 heavy (non-hydrogen) atoms. The monoisotopic (exact) mass is 475 g/mol. The Hall–Kier alpha value is -2.32. The molecule has 1 amide bonds. The van der Waals surface area contributed by atoms with Gasteiger partial charge in [0.2, 0.25) is 5.91 Å². The zero-order valence-corrected chi connectivity index (χ0v) is 18.8. The quantitative estimate of drug-likeness (QED) is 0.274. The predicted octanol–water partition coefficient (Wildman–Crippen LogP) is 6.00. The summed E-state index contributed by atoms with van der Waals surface area (Å²) < 4.78 is 0. The number of carbonyl (C=O) groups excluding carboxylic acids is 1. The molecule has 0 atom stereocenters. The van der Waals surface area contributed by atoms with Gasteiger partial charge in [0.15, 0.2) is 5.16 Å². The lowest BCUT2D eigenvalue weighted by Gasteiger charge is -2.08. The van der Waals surface area contributed by atoms with Gasteiger partial charge in [-0.15, -0.1) is 11.3 Å². The molecule has 0 aliphatic heterocycles. The summed E-state index contributed by atoms with van der Waals surface area (Å²) in [6, 6.07) is 13.0. The summed E-state index contributed by atoms with van der Waals surface area (Å²) in [5.74, 6) is -0.216. The van der Waals surface area contributed by atoms with Gasteiger partial charge in [0.05, 0.1) is 26.9 Å². The fourth-order valence-electron chi connectivity index (χ4n) is 2.86. The van der Waals surface area contributed by atoms with Gasteiger partial charge >= 0.3 is 0 Å². The maximum absolute atomic E-state index is 12.7. The molecule has 0 aliphatic rings. The first kappa shape index (κ1) is 20.9. The highest BCUT2D eigenvalue weighted by Gasteiger charge is 2.14. The van der Waals surface area contributed by atoms with E-state index in [-0.39, 0.29) is 22.2 Å². The number of nitrogens with one attached hydrogen (secondary N) is 2. The highest BCUT2D eigenvalue weighted by Crippen LogP contribution is 2.32. The van der Waals surface area contributed by atoms with E-state index in [1.54, 1.807) is 18.2 Å². The highest BCUT2D eigenvalue weighted by atomic mass is 35.5. The minimum absolute atomic E-state index is 0.0630. The number of amides is 1. The first-order valence-corrected chi connectivity index (χ1v) is 11.5. The van der Waals surface area contributed by atoms with Crippen molar-refractivity contribution in [2.45, 2.75) is 12.1 Å². The summed E-state index contributed by atoms with van der Waals surface area (Å²) >= 11 is 14.6. The van der Waals surface area contributed by atoms with E-state index < -0.39 is 0 Å². The number of thioether (sulfide) groups is 1. The van der Waals surface area contributed by atoms with E-state index in [1.807, 2.05) is 36.6 Å². The van der Waals surface area contributed by atoms with Crippen LogP contribution in [0, 0.1) is 6.92 Å². The topological polar surface area (TPSA) is 74.8 Å². The molecule has 2 N–H and O–H groups in total. The Morgan fingerprint density at radius 2 is 1.97 bits per heavy atom. The van der Waals surface area contributed by atoms with Crippen LogP contribution in [0.1, 0.15) is 5.56 Å². The van der Waals surface area contributed by atoms with Gasteiger partial charge in [-0.05, 0) is 24.6 Å². The molecule has 4 aromatic rings. The molecule has 0 spiro atoms. The molecule has 0 radical (unpaired) electrons. The Kier molecular flexibility index (Phi) is 6.15. The van der Waals surface area contributed by atoms with Crippen molar-refractivity contribution in [3.8, 4) is 11.1 Å². The van der Waals surface area contributed by atoms with Crippen LogP contribution in [-0.2, 0) is 4.79 Å². The fourth-order valence-corrected chi connectivity index (χ4v) is 4.88. The molecule has 2 heterocycles. The maximum Gasteiger partial charge on any atom is 0.260 e. The summed E-state index contributed by atoms with van der Waals surface area (Å²) in [4.78, 5) is 32.9. The average Bonchev–Trinajstić information content (AvgIpc) is 3.15. The second kappa shape index (κ2) is 8.81. The lowest BCUT2D eigenvalue weighted by molar-refractivity contribution is -0.113. The van der Waals surface area contributed by atoms with Crippen LogP contribution in [-0.4, -0.2) is 21.6 Å². The Bertz CT molecular complexity index is 1300. The third kappa shape index (κ3) is 4.39. The van der Waals surface area contributed by atoms with E-state index in [2.05, 4.69) is 15.3 Å². The van der Waals surface area contributed by atoms with E-state index in [0.29, 0.717) is 26.1 Å². The molecule has 0 saturated heterocycles. The summed E-state index contributed by atoms with van der Waals surface area (Å²) in [5.41, 5.74) is 3.19. The van der Waals surface area contributed by atoms with Gasteiger partial charge in [0, 0.05) is 10.9 Å². The molecular formula is C21H15Cl2N3O2S2. The van der Waals surface area contributed by atoms with Gasteiger partial charge in [0.1, 0.15) is 4.83 Å². The molecule has 0 fully saturated rings. The van der Waals surface area contributed by atoms with Crippen molar-refractivity contribution in [1.82, 2.24) is 9.97 Å². The largest absolute Gasteiger partial charge is 0.324 e. The third-order valence-electron chi connectivity index (χ3n) is 4.35. The van der Waals surface area contributed by atoms with E-state index in [1.165, 1.54) is 11.3 Å². The second-order valence-electron chi connectivity index (χ2n) is 6.50. The fraction of sp³-hybridized carbons (Fsp3) is 0.0952. The molecule has 0 unspecified atom stereocenters. The number of aromatic amines is 1. The Labute approximate surface area is 190 Å². The molecule has 4 rings (SSSR count). The van der Waals surface area contributed by atoms with Crippen LogP contribution in [0.2, 0.25) is 10.0 Å². The van der Waals surface area contributed by atoms with Crippen LogP contribution < -0.4 is 10.9 Å². The number of H-pyrrole nitrogens is 1. The molecule has 5 nitrogen and oxygen atoms in total. The van der Waals surface area contributed by atoms with E-state index in [4.69, 9.17) is 23.2 Å². The normalized spacial score (nSPS) is 11.0. The smallest absolute Gasteiger partial charge is 0.260 e. The van der Waals surface area contributed by atoms with Crippen molar-refractivity contribution in [3.63, 3.8) is 0 Å². The lowest BCUT2D eigenvalue weighted by Crippen LogP contribution is -2.15. The predicted molar refractivity (Wildman–Crippen MR) is 126 cm³/mol. The second-order valence-corrected chi connectivity index (χ2v) is 9.11. The molecule has 2 aromatic heterocycles. The van der Waals surface area contributed by atoms with Gasteiger partial charge in [0.25, 0.3) is 5.56 Å². The minimum Gasteiger partial charge on any atom is -0.324 e. The number of fused-ring (bicyclic) bond motifs is 1. The summed E-state index contributed by atoms with van der Waals surface area (Å²) in [6.45, 7) is 2.02. The number of carbonyl (C=O) groups is 1. The molecule has 2 aromatic carbocycles. The lowest BCUT2D eigenvalue weighted by atomic mass is 10.1. The van der Waals surface area contributed by atoms with Crippen molar-refractivity contribution in [3.05, 3.63) is 73.8 Å². The van der Waals surface area contributed by atoms with Crippen LogP contribution >= 0.6 is 46.3 Å². The van der Waals surface area contributed by atoms with Crippen LogP contribution in [0.5, 0.6) is 0 Å². The van der Waals surface area contributed by atoms with Crippen molar-refractivity contribution < 1.29 is 4.79 Å². The third-order valence-corrected chi connectivity index (χ3v) is 6.91. The Balaban J connectivity index is 1.51. The van der Waals surface area contributed by atoms with Gasteiger partial charge in [-0.25, -0.2) is 4.98 Å². The molecule has 0 saturated carbocycles. The average molecular weight is 476 g/mol. The van der Waals surface area contributed by atoms with Crippen LogP contribution in [0.4, 0.5) is 5.69 Å². The number of hydrogen-bond acceptors (Lipinski definition) is 5. The number of thiophene rings is 1. The number of nitrogens with zero attached hydrogens (tertiary/aromatic N) is 1. The van der Waals surface area contributed by atoms with Crippen molar-refractivity contribution in [2.75, 3.05) is 11.1 Å². The standard InChI is InChI=1S/C21H15Cl2N3O2S2/c1-11-5-7-12(8-6-11)13-9-29-20-17(13)19(28)25-21(26-20)30-10-16(27)24-15-4-2-3-14(22)18(15)23/h2-9H,10H2,1H3,(H,24,27)(H,25,26,28). The highest BCUT2D eigenvalue weighted by molar-refractivity contribution is 7.99. The molecular weight excluding hydrogens is 461 g/mol. The van der Waals surface area contributed by atoms with E-state index >= 15 is 0 Å². The molecule has 9 heteroatoms. The molecule has 0 bridgehead atoms. The summed E-state index contributed by atoms with van der Waals surface area (Å²) in [7, 11) is 0. The number of rotatable bonds is 5. The number of anilines is 1. The number of aryl methyl sites for hydroxylation is 1. The minimum atomic E-state index is -0.279. The van der Waals surface area contributed by atoms with Crippen LogP contribution in [0.25, 0.3) is 21.3 Å². The SMILES string of the molecule is Cc1ccc(-c2csc3nc(SCC(=O)Nc4cccc(Cl)c4Cl)[nH]c(=O)c23)cc1. The van der Waals surface area contributed by atoms with Crippen molar-refractivity contribution >= 4 is 68.1 Å². The van der Waals surface area contributed by atoms with Gasteiger partial charge in [-0.2, -0.15) is 0 Å². The Morgan fingerprint density at radius 3 is 2.73 bits per heavy atom.